The van der Waals surface area contributed by atoms with Crippen LogP contribution in [0, 0.1) is 0 Å². The van der Waals surface area contributed by atoms with E-state index in [0.29, 0.717) is 12.3 Å². The Morgan fingerprint density at radius 2 is 2.27 bits per heavy atom. The van der Waals surface area contributed by atoms with Crippen molar-refractivity contribution < 1.29 is 9.90 Å². The predicted octanol–water partition coefficient (Wildman–Crippen LogP) is 2.12. The zero-order valence-corrected chi connectivity index (χ0v) is 13.1. The van der Waals surface area contributed by atoms with Gasteiger partial charge >= 0.3 is 0 Å². The molecule has 1 aliphatic heterocycles. The van der Waals surface area contributed by atoms with E-state index in [4.69, 9.17) is 0 Å². The molecule has 3 rings (SSSR count). The van der Waals surface area contributed by atoms with Gasteiger partial charge in [-0.3, -0.25) is 4.79 Å². The molecule has 1 aromatic heterocycles. The number of nitrogens with zero attached hydrogens (tertiary/aromatic N) is 3. The van der Waals surface area contributed by atoms with Crippen LogP contribution >= 0.6 is 11.8 Å². The summed E-state index contributed by atoms with van der Waals surface area (Å²) in [5.41, 5.74) is 0.942. The largest absolute Gasteiger partial charge is 0.508 e. The summed E-state index contributed by atoms with van der Waals surface area (Å²) in [7, 11) is 0. The second-order valence-electron chi connectivity index (χ2n) is 5.31. The SMILES string of the molecule is O=C(Cn1ccnc1)N1CCSC1CCc1ccccc1O. The lowest BCUT2D eigenvalue weighted by Gasteiger charge is -2.24. The highest BCUT2D eigenvalue weighted by Gasteiger charge is 2.29. The first-order valence-electron chi connectivity index (χ1n) is 7.38. The van der Waals surface area contributed by atoms with E-state index in [1.165, 1.54) is 0 Å². The second kappa shape index (κ2) is 6.87. The molecule has 116 valence electrons. The van der Waals surface area contributed by atoms with E-state index < -0.39 is 0 Å². The van der Waals surface area contributed by atoms with Gasteiger partial charge in [0, 0.05) is 24.7 Å². The molecule has 2 aromatic rings. The summed E-state index contributed by atoms with van der Waals surface area (Å²) in [5.74, 6) is 1.44. The highest BCUT2D eigenvalue weighted by molar-refractivity contribution is 8.00. The smallest absolute Gasteiger partial charge is 0.243 e. The van der Waals surface area contributed by atoms with Crippen molar-refractivity contribution in [3.8, 4) is 5.75 Å². The minimum Gasteiger partial charge on any atom is -0.508 e. The number of benzene rings is 1. The predicted molar refractivity (Wildman–Crippen MR) is 86.6 cm³/mol. The van der Waals surface area contributed by atoms with Crippen molar-refractivity contribution >= 4 is 17.7 Å². The number of para-hydroxylation sites is 1. The van der Waals surface area contributed by atoms with Gasteiger partial charge in [0.1, 0.15) is 12.3 Å². The van der Waals surface area contributed by atoms with Crippen molar-refractivity contribution in [3.05, 3.63) is 48.5 Å². The fraction of sp³-hybridized carbons (Fsp3) is 0.375. The number of amides is 1. The molecular weight excluding hydrogens is 298 g/mol. The molecule has 0 spiro atoms. The van der Waals surface area contributed by atoms with Crippen molar-refractivity contribution in [1.82, 2.24) is 14.5 Å². The third-order valence-corrected chi connectivity index (χ3v) is 5.13. The van der Waals surface area contributed by atoms with Crippen LogP contribution in [-0.2, 0) is 17.8 Å². The number of thioether (sulfide) groups is 1. The van der Waals surface area contributed by atoms with Crippen LogP contribution in [0.4, 0.5) is 0 Å². The zero-order chi connectivity index (χ0) is 15.4. The molecule has 0 saturated carbocycles. The number of rotatable bonds is 5. The molecule has 2 heterocycles. The van der Waals surface area contributed by atoms with Crippen molar-refractivity contribution in [2.75, 3.05) is 12.3 Å². The quantitative estimate of drug-likeness (QED) is 0.918. The lowest BCUT2D eigenvalue weighted by Crippen LogP contribution is -2.37. The average molecular weight is 317 g/mol. The third kappa shape index (κ3) is 3.44. The Kier molecular flexibility index (Phi) is 4.68. The summed E-state index contributed by atoms with van der Waals surface area (Å²) in [4.78, 5) is 18.3. The highest BCUT2D eigenvalue weighted by atomic mass is 32.2. The normalized spacial score (nSPS) is 17.8. The summed E-state index contributed by atoms with van der Waals surface area (Å²) < 4.78 is 1.80. The van der Waals surface area contributed by atoms with Gasteiger partial charge in [0.05, 0.1) is 11.7 Å². The number of aromatic hydroxyl groups is 1. The Hall–Kier alpha value is -1.95. The minimum atomic E-state index is 0.130. The van der Waals surface area contributed by atoms with Crippen molar-refractivity contribution in [3.63, 3.8) is 0 Å². The minimum absolute atomic E-state index is 0.130. The van der Waals surface area contributed by atoms with E-state index in [9.17, 15) is 9.90 Å². The first-order valence-corrected chi connectivity index (χ1v) is 8.42. The van der Waals surface area contributed by atoms with Crippen LogP contribution < -0.4 is 0 Å². The van der Waals surface area contributed by atoms with Gasteiger partial charge < -0.3 is 14.6 Å². The molecule has 1 unspecified atom stereocenters. The van der Waals surface area contributed by atoms with Crippen LogP contribution in [0.5, 0.6) is 5.75 Å². The Balaban J connectivity index is 1.58. The number of phenolic OH excluding ortho intramolecular Hbond substituents is 1. The maximum absolute atomic E-state index is 12.4. The van der Waals surface area contributed by atoms with Gasteiger partial charge in [-0.15, -0.1) is 11.8 Å². The lowest BCUT2D eigenvalue weighted by atomic mass is 10.1. The van der Waals surface area contributed by atoms with Crippen molar-refractivity contribution in [2.45, 2.75) is 24.8 Å². The first-order chi connectivity index (χ1) is 10.7. The maximum Gasteiger partial charge on any atom is 0.243 e. The molecule has 5 nitrogen and oxygen atoms in total. The van der Waals surface area contributed by atoms with E-state index in [0.717, 1.165) is 30.7 Å². The number of aromatic nitrogens is 2. The Morgan fingerprint density at radius 1 is 1.41 bits per heavy atom. The van der Waals surface area contributed by atoms with E-state index in [-0.39, 0.29) is 11.3 Å². The Bertz CT molecular complexity index is 630. The van der Waals surface area contributed by atoms with Crippen LogP contribution in [0.2, 0.25) is 0 Å². The number of aryl methyl sites for hydroxylation is 1. The van der Waals surface area contributed by atoms with Crippen molar-refractivity contribution in [1.29, 1.82) is 0 Å². The molecule has 22 heavy (non-hydrogen) atoms. The topological polar surface area (TPSA) is 58.4 Å². The number of phenols is 1. The van der Waals surface area contributed by atoms with Crippen molar-refractivity contribution in [2.24, 2.45) is 0 Å². The van der Waals surface area contributed by atoms with Crippen LogP contribution in [0.3, 0.4) is 0 Å². The Morgan fingerprint density at radius 3 is 3.05 bits per heavy atom. The van der Waals surface area contributed by atoms with E-state index in [1.807, 2.05) is 34.9 Å². The van der Waals surface area contributed by atoms with Gasteiger partial charge in [-0.1, -0.05) is 18.2 Å². The van der Waals surface area contributed by atoms with Gasteiger partial charge in [0.25, 0.3) is 0 Å². The van der Waals surface area contributed by atoms with Gasteiger partial charge in [-0.25, -0.2) is 4.98 Å². The van der Waals surface area contributed by atoms with Crippen LogP contribution in [0.15, 0.2) is 43.0 Å². The summed E-state index contributed by atoms with van der Waals surface area (Å²) in [6.45, 7) is 1.14. The number of hydrogen-bond acceptors (Lipinski definition) is 4. The molecule has 1 fully saturated rings. The molecule has 1 saturated heterocycles. The average Bonchev–Trinajstić information content (AvgIpc) is 3.17. The van der Waals surface area contributed by atoms with E-state index in [1.54, 1.807) is 29.4 Å². The number of imidazole rings is 1. The molecular formula is C16H19N3O2S. The summed E-state index contributed by atoms with van der Waals surface area (Å²) in [5, 5.41) is 10.0. The highest BCUT2D eigenvalue weighted by Crippen LogP contribution is 2.29. The van der Waals surface area contributed by atoms with E-state index in [2.05, 4.69) is 4.98 Å². The van der Waals surface area contributed by atoms with Gasteiger partial charge in [0.2, 0.25) is 5.91 Å². The summed E-state index contributed by atoms with van der Waals surface area (Å²) in [6.07, 6.45) is 6.79. The fourth-order valence-corrected chi connectivity index (χ4v) is 3.94. The number of carbonyl (C=O) groups is 1. The number of carbonyl (C=O) groups excluding carboxylic acids is 1. The molecule has 0 bridgehead atoms. The van der Waals surface area contributed by atoms with E-state index >= 15 is 0 Å². The Labute approximate surface area is 134 Å². The van der Waals surface area contributed by atoms with Crippen LogP contribution in [0.25, 0.3) is 0 Å². The fourth-order valence-electron chi connectivity index (χ4n) is 2.67. The van der Waals surface area contributed by atoms with Gasteiger partial charge in [0.15, 0.2) is 0 Å². The van der Waals surface area contributed by atoms with Crippen LogP contribution in [0.1, 0.15) is 12.0 Å². The molecule has 1 aliphatic rings. The molecule has 6 heteroatoms. The van der Waals surface area contributed by atoms with Gasteiger partial charge in [-0.05, 0) is 24.5 Å². The molecule has 1 N–H and O–H groups in total. The molecule has 1 atom stereocenters. The maximum atomic E-state index is 12.4. The lowest BCUT2D eigenvalue weighted by molar-refractivity contribution is -0.131. The molecule has 0 radical (unpaired) electrons. The zero-order valence-electron chi connectivity index (χ0n) is 12.3. The molecule has 0 aliphatic carbocycles. The monoisotopic (exact) mass is 317 g/mol. The summed E-state index contributed by atoms with van der Waals surface area (Å²) in [6, 6.07) is 7.40. The first kappa shape index (κ1) is 15.0. The van der Waals surface area contributed by atoms with Gasteiger partial charge in [-0.2, -0.15) is 0 Å². The summed E-state index contributed by atoms with van der Waals surface area (Å²) >= 11 is 1.82. The molecule has 1 aromatic carbocycles. The standard InChI is InChI=1S/C16H19N3O2S/c20-14-4-2-1-3-13(14)5-6-16-19(9-10-22-16)15(21)11-18-8-7-17-12-18/h1-4,7-8,12,16,20H,5-6,9-11H2. The second-order valence-corrected chi connectivity index (χ2v) is 6.60. The third-order valence-electron chi connectivity index (χ3n) is 3.84. The number of hydrogen-bond donors (Lipinski definition) is 1. The molecule has 1 amide bonds. The van der Waals surface area contributed by atoms with Crippen LogP contribution in [-0.4, -0.2) is 43.1 Å².